The monoisotopic (exact) mass is 194 g/mol. The largest absolute Gasteiger partial charge is 0.317 e. The van der Waals surface area contributed by atoms with E-state index in [9.17, 15) is 0 Å². The number of hydrogen-bond acceptors (Lipinski definition) is 2. The van der Waals surface area contributed by atoms with E-state index in [2.05, 4.69) is 17.1 Å². The SMILES string of the molecule is CC1C2CC1CN(C1CCNCC1)C2. The standard InChI is InChI=1S/C12H22N2/c1-9-10-6-11(9)8-14(7-10)12-2-4-13-5-3-12/h9-13H,2-8H2,1H3. The molecule has 1 aliphatic carbocycles. The van der Waals surface area contributed by atoms with Crippen LogP contribution in [0.5, 0.6) is 0 Å². The lowest BCUT2D eigenvalue weighted by Gasteiger charge is -2.55. The van der Waals surface area contributed by atoms with E-state index in [-0.39, 0.29) is 0 Å². The first-order chi connectivity index (χ1) is 6.84. The fourth-order valence-corrected chi connectivity index (χ4v) is 3.64. The third kappa shape index (κ3) is 1.40. The lowest BCUT2D eigenvalue weighted by molar-refractivity contribution is -0.0560. The third-order valence-corrected chi connectivity index (χ3v) is 4.86. The summed E-state index contributed by atoms with van der Waals surface area (Å²) in [6.45, 7) is 7.75. The van der Waals surface area contributed by atoms with Crippen LogP contribution >= 0.6 is 0 Å². The fraction of sp³-hybridized carbons (Fsp3) is 1.00. The van der Waals surface area contributed by atoms with Crippen molar-refractivity contribution in [1.82, 2.24) is 10.2 Å². The van der Waals surface area contributed by atoms with Crippen molar-refractivity contribution in [3.63, 3.8) is 0 Å². The molecule has 0 radical (unpaired) electrons. The maximum atomic E-state index is 3.46. The van der Waals surface area contributed by atoms with Gasteiger partial charge in [-0.15, -0.1) is 0 Å². The van der Waals surface area contributed by atoms with Gasteiger partial charge in [0.15, 0.2) is 0 Å². The summed E-state index contributed by atoms with van der Waals surface area (Å²) in [5, 5.41) is 3.46. The van der Waals surface area contributed by atoms with Crippen LogP contribution < -0.4 is 5.32 Å². The minimum atomic E-state index is 0.911. The van der Waals surface area contributed by atoms with Gasteiger partial charge < -0.3 is 5.32 Å². The maximum absolute atomic E-state index is 3.46. The third-order valence-electron chi connectivity index (χ3n) is 4.86. The second-order valence-corrected chi connectivity index (χ2v) is 5.55. The summed E-state index contributed by atoms with van der Waals surface area (Å²) in [5.74, 6) is 3.13. The maximum Gasteiger partial charge on any atom is 0.0120 e. The van der Waals surface area contributed by atoms with Gasteiger partial charge in [0.25, 0.3) is 0 Å². The highest BCUT2D eigenvalue weighted by Gasteiger charge is 2.45. The van der Waals surface area contributed by atoms with Gasteiger partial charge >= 0.3 is 0 Å². The quantitative estimate of drug-likeness (QED) is 0.677. The van der Waals surface area contributed by atoms with E-state index in [0.29, 0.717) is 0 Å². The van der Waals surface area contributed by atoms with Crippen molar-refractivity contribution in [2.75, 3.05) is 26.2 Å². The van der Waals surface area contributed by atoms with Gasteiger partial charge in [0, 0.05) is 19.1 Å². The van der Waals surface area contributed by atoms with Crippen LogP contribution in [0, 0.1) is 17.8 Å². The molecule has 1 N–H and O–H groups in total. The molecule has 3 aliphatic heterocycles. The molecule has 2 unspecified atom stereocenters. The number of piperidine rings is 3. The summed E-state index contributed by atoms with van der Waals surface area (Å²) in [6.07, 6.45) is 4.30. The molecule has 2 nitrogen and oxygen atoms in total. The molecular formula is C12H22N2. The van der Waals surface area contributed by atoms with Crippen molar-refractivity contribution in [3.05, 3.63) is 0 Å². The summed E-state index contributed by atoms with van der Waals surface area (Å²) in [7, 11) is 0. The van der Waals surface area contributed by atoms with Crippen molar-refractivity contribution < 1.29 is 0 Å². The Kier molecular flexibility index (Phi) is 2.29. The van der Waals surface area contributed by atoms with Gasteiger partial charge in [0.1, 0.15) is 0 Å². The summed E-state index contributed by atoms with van der Waals surface area (Å²) in [5.41, 5.74) is 0. The minimum Gasteiger partial charge on any atom is -0.317 e. The summed E-state index contributed by atoms with van der Waals surface area (Å²) in [4.78, 5) is 2.79. The van der Waals surface area contributed by atoms with E-state index in [1.165, 1.54) is 45.4 Å². The van der Waals surface area contributed by atoms with Crippen molar-refractivity contribution in [3.8, 4) is 0 Å². The molecule has 0 aromatic rings. The van der Waals surface area contributed by atoms with Gasteiger partial charge in [-0.3, -0.25) is 4.90 Å². The molecule has 80 valence electrons. The smallest absolute Gasteiger partial charge is 0.0120 e. The van der Waals surface area contributed by atoms with Crippen LogP contribution in [0.15, 0.2) is 0 Å². The number of rotatable bonds is 1. The first-order valence-corrected chi connectivity index (χ1v) is 6.29. The Morgan fingerprint density at radius 1 is 1.07 bits per heavy atom. The number of fused-ring (bicyclic) bond motifs is 2. The second-order valence-electron chi connectivity index (χ2n) is 5.55. The Balaban J connectivity index is 1.59. The zero-order valence-corrected chi connectivity index (χ0v) is 9.21. The van der Waals surface area contributed by atoms with Crippen molar-refractivity contribution in [2.45, 2.75) is 32.2 Å². The van der Waals surface area contributed by atoms with E-state index in [1.54, 1.807) is 0 Å². The Morgan fingerprint density at radius 3 is 2.29 bits per heavy atom. The molecule has 3 saturated heterocycles. The van der Waals surface area contributed by atoms with E-state index < -0.39 is 0 Å². The molecule has 0 spiro atoms. The molecule has 1 saturated carbocycles. The molecule has 4 fully saturated rings. The van der Waals surface area contributed by atoms with E-state index in [4.69, 9.17) is 0 Å². The predicted molar refractivity (Wildman–Crippen MR) is 58.2 cm³/mol. The van der Waals surface area contributed by atoms with Gasteiger partial charge in [-0.05, 0) is 50.1 Å². The molecule has 4 aliphatic rings. The van der Waals surface area contributed by atoms with Gasteiger partial charge in [-0.1, -0.05) is 6.92 Å². The van der Waals surface area contributed by atoms with Crippen molar-refractivity contribution in [1.29, 1.82) is 0 Å². The molecule has 14 heavy (non-hydrogen) atoms. The topological polar surface area (TPSA) is 15.3 Å². The van der Waals surface area contributed by atoms with Crippen LogP contribution in [0.4, 0.5) is 0 Å². The fourth-order valence-electron chi connectivity index (χ4n) is 3.64. The van der Waals surface area contributed by atoms with Crippen LogP contribution in [0.25, 0.3) is 0 Å². The molecule has 0 aromatic heterocycles. The molecular weight excluding hydrogens is 172 g/mol. The summed E-state index contributed by atoms with van der Waals surface area (Å²) in [6, 6.07) is 0.911. The van der Waals surface area contributed by atoms with Crippen LogP contribution in [-0.2, 0) is 0 Å². The van der Waals surface area contributed by atoms with Crippen LogP contribution in [0.2, 0.25) is 0 Å². The number of hydrogen-bond donors (Lipinski definition) is 1. The number of nitrogens with zero attached hydrogens (tertiary/aromatic N) is 1. The highest BCUT2D eigenvalue weighted by molar-refractivity contribution is 4.97. The Morgan fingerprint density at radius 2 is 1.71 bits per heavy atom. The van der Waals surface area contributed by atoms with E-state index in [1.807, 2.05) is 0 Å². The average molecular weight is 194 g/mol. The Hall–Kier alpha value is -0.0800. The summed E-state index contributed by atoms with van der Waals surface area (Å²) >= 11 is 0. The van der Waals surface area contributed by atoms with Crippen LogP contribution in [-0.4, -0.2) is 37.1 Å². The molecule has 2 atom stereocenters. The zero-order chi connectivity index (χ0) is 9.54. The molecule has 2 heteroatoms. The lowest BCUT2D eigenvalue weighted by Crippen LogP contribution is -2.58. The van der Waals surface area contributed by atoms with Crippen molar-refractivity contribution in [2.24, 2.45) is 17.8 Å². The molecule has 0 aromatic carbocycles. The van der Waals surface area contributed by atoms with Crippen molar-refractivity contribution >= 4 is 0 Å². The predicted octanol–water partition coefficient (Wildman–Crippen LogP) is 1.33. The normalized spacial score (nSPS) is 44.8. The minimum absolute atomic E-state index is 0.911. The molecule has 0 amide bonds. The summed E-state index contributed by atoms with van der Waals surface area (Å²) < 4.78 is 0. The van der Waals surface area contributed by atoms with Crippen LogP contribution in [0.3, 0.4) is 0 Å². The van der Waals surface area contributed by atoms with Gasteiger partial charge in [0.05, 0.1) is 0 Å². The first kappa shape index (κ1) is 9.17. The zero-order valence-electron chi connectivity index (χ0n) is 9.21. The second kappa shape index (κ2) is 3.49. The van der Waals surface area contributed by atoms with Crippen LogP contribution in [0.1, 0.15) is 26.2 Å². The van der Waals surface area contributed by atoms with E-state index >= 15 is 0 Å². The van der Waals surface area contributed by atoms with E-state index in [0.717, 1.165) is 23.8 Å². The average Bonchev–Trinajstić information content (AvgIpc) is 2.30. The molecule has 2 bridgehead atoms. The number of nitrogens with one attached hydrogen (secondary N) is 1. The lowest BCUT2D eigenvalue weighted by atomic mass is 9.62. The highest BCUT2D eigenvalue weighted by Crippen LogP contribution is 2.45. The Bertz CT molecular complexity index is 198. The first-order valence-electron chi connectivity index (χ1n) is 6.29. The van der Waals surface area contributed by atoms with Gasteiger partial charge in [-0.2, -0.15) is 0 Å². The highest BCUT2D eigenvalue weighted by atomic mass is 15.2. The molecule has 4 rings (SSSR count). The molecule has 3 heterocycles. The van der Waals surface area contributed by atoms with Gasteiger partial charge in [0.2, 0.25) is 0 Å². The Labute approximate surface area is 87.0 Å². The van der Waals surface area contributed by atoms with Gasteiger partial charge in [-0.25, -0.2) is 0 Å².